The highest BCUT2D eigenvalue weighted by molar-refractivity contribution is 9.10. The first kappa shape index (κ1) is 12.1. The average molecular weight is 315 g/mol. The van der Waals surface area contributed by atoms with Crippen LogP contribution in [0.3, 0.4) is 0 Å². The molecule has 0 saturated carbocycles. The van der Waals surface area contributed by atoms with Gasteiger partial charge in [-0.1, -0.05) is 0 Å². The summed E-state index contributed by atoms with van der Waals surface area (Å²) in [6.45, 7) is 0.838. The van der Waals surface area contributed by atoms with Crippen molar-refractivity contribution in [2.75, 3.05) is 5.32 Å². The van der Waals surface area contributed by atoms with Crippen molar-refractivity contribution < 1.29 is 4.79 Å². The molecule has 0 aliphatic rings. The minimum Gasteiger partial charge on any atom is -0.378 e. The molecular weight excluding hydrogens is 304 g/mol. The van der Waals surface area contributed by atoms with Gasteiger partial charge in [0.1, 0.15) is 6.54 Å². The summed E-state index contributed by atoms with van der Waals surface area (Å²) >= 11 is 5.08. The molecule has 0 aliphatic heterocycles. The van der Waals surface area contributed by atoms with Crippen molar-refractivity contribution in [1.82, 2.24) is 9.78 Å². The second-order valence-electron chi connectivity index (χ2n) is 3.48. The lowest BCUT2D eigenvalue weighted by Gasteiger charge is -2.00. The Hall–Kier alpha value is -1.34. The van der Waals surface area contributed by atoms with E-state index in [4.69, 9.17) is 5.73 Å². The Morgan fingerprint density at radius 2 is 2.47 bits per heavy atom. The van der Waals surface area contributed by atoms with E-state index in [1.807, 2.05) is 5.38 Å². The van der Waals surface area contributed by atoms with Crippen LogP contribution in [0.1, 0.15) is 4.88 Å². The maximum Gasteiger partial charge on any atom is 0.239 e. The number of aromatic nitrogens is 2. The number of rotatable bonds is 5. The molecule has 0 unspecified atom stereocenters. The summed E-state index contributed by atoms with van der Waals surface area (Å²) in [7, 11) is 0. The molecule has 2 heterocycles. The predicted molar refractivity (Wildman–Crippen MR) is 70.8 cm³/mol. The van der Waals surface area contributed by atoms with Crippen LogP contribution < -0.4 is 11.1 Å². The van der Waals surface area contributed by atoms with Gasteiger partial charge in [0.05, 0.1) is 11.9 Å². The summed E-state index contributed by atoms with van der Waals surface area (Å²) in [5, 5.41) is 9.28. The van der Waals surface area contributed by atoms with E-state index in [2.05, 4.69) is 32.4 Å². The maximum atomic E-state index is 10.7. The number of hydrogen-bond donors (Lipinski definition) is 2. The maximum absolute atomic E-state index is 10.7. The Morgan fingerprint density at radius 1 is 1.65 bits per heavy atom. The molecule has 0 fully saturated rings. The molecule has 90 valence electrons. The fourth-order valence-corrected chi connectivity index (χ4v) is 2.73. The van der Waals surface area contributed by atoms with Crippen LogP contribution in [0.25, 0.3) is 0 Å². The minimum atomic E-state index is -0.401. The van der Waals surface area contributed by atoms with Crippen LogP contribution in [0.4, 0.5) is 5.69 Å². The van der Waals surface area contributed by atoms with Crippen molar-refractivity contribution in [2.45, 2.75) is 13.1 Å². The van der Waals surface area contributed by atoms with Gasteiger partial charge in [-0.3, -0.25) is 9.48 Å². The van der Waals surface area contributed by atoms with Gasteiger partial charge < -0.3 is 11.1 Å². The Morgan fingerprint density at radius 3 is 3.12 bits per heavy atom. The van der Waals surface area contributed by atoms with Gasteiger partial charge in [0, 0.05) is 27.5 Å². The topological polar surface area (TPSA) is 72.9 Å². The number of amides is 1. The standard InChI is InChI=1S/C10H11BrN4OS/c11-7-1-9(17-6-7)3-13-8-2-14-15(4-8)5-10(12)16/h1-2,4,6,13H,3,5H2,(H2,12,16). The third kappa shape index (κ3) is 3.57. The molecule has 5 nitrogen and oxygen atoms in total. The van der Waals surface area contributed by atoms with Crippen LogP contribution in [-0.2, 0) is 17.9 Å². The molecule has 17 heavy (non-hydrogen) atoms. The van der Waals surface area contributed by atoms with Gasteiger partial charge in [-0.25, -0.2) is 0 Å². The smallest absolute Gasteiger partial charge is 0.239 e. The molecule has 1 amide bonds. The van der Waals surface area contributed by atoms with Crippen LogP contribution in [0.2, 0.25) is 0 Å². The zero-order chi connectivity index (χ0) is 12.3. The SMILES string of the molecule is NC(=O)Cn1cc(NCc2cc(Br)cs2)cn1. The lowest BCUT2D eigenvalue weighted by molar-refractivity contribution is -0.118. The second-order valence-corrected chi connectivity index (χ2v) is 5.39. The van der Waals surface area contributed by atoms with Crippen LogP contribution in [-0.4, -0.2) is 15.7 Å². The fourth-order valence-electron chi connectivity index (χ4n) is 1.34. The van der Waals surface area contributed by atoms with Crippen molar-refractivity contribution in [3.05, 3.63) is 33.2 Å². The van der Waals surface area contributed by atoms with Crippen molar-refractivity contribution >= 4 is 38.9 Å². The highest BCUT2D eigenvalue weighted by atomic mass is 79.9. The highest BCUT2D eigenvalue weighted by Gasteiger charge is 2.02. The van der Waals surface area contributed by atoms with Crippen LogP contribution in [0.15, 0.2) is 28.3 Å². The largest absolute Gasteiger partial charge is 0.378 e. The number of anilines is 1. The normalized spacial score (nSPS) is 10.4. The van der Waals surface area contributed by atoms with Crippen LogP contribution >= 0.6 is 27.3 Å². The van der Waals surface area contributed by atoms with Gasteiger partial charge in [-0.15, -0.1) is 11.3 Å². The Balaban J connectivity index is 1.91. The van der Waals surface area contributed by atoms with Crippen molar-refractivity contribution in [3.8, 4) is 0 Å². The molecular formula is C10H11BrN4OS. The number of primary amides is 1. The zero-order valence-electron chi connectivity index (χ0n) is 8.89. The highest BCUT2D eigenvalue weighted by Crippen LogP contribution is 2.20. The minimum absolute atomic E-state index is 0.103. The number of nitrogens with two attached hydrogens (primary N) is 1. The quantitative estimate of drug-likeness (QED) is 0.884. The first-order chi connectivity index (χ1) is 8.13. The zero-order valence-corrected chi connectivity index (χ0v) is 11.3. The summed E-state index contributed by atoms with van der Waals surface area (Å²) in [5.74, 6) is -0.401. The number of thiophene rings is 1. The molecule has 7 heteroatoms. The van der Waals surface area contributed by atoms with E-state index < -0.39 is 5.91 Å². The molecule has 0 aromatic carbocycles. The summed E-state index contributed by atoms with van der Waals surface area (Å²) < 4.78 is 2.60. The molecule has 0 aliphatic carbocycles. The molecule has 0 radical (unpaired) electrons. The van der Waals surface area contributed by atoms with Crippen LogP contribution in [0, 0.1) is 0 Å². The number of halogens is 1. The van der Waals surface area contributed by atoms with Gasteiger partial charge in [0.15, 0.2) is 0 Å². The Labute approximate surface area is 111 Å². The van der Waals surface area contributed by atoms with Crippen molar-refractivity contribution in [1.29, 1.82) is 0 Å². The molecule has 2 aromatic rings. The first-order valence-corrected chi connectivity index (χ1v) is 6.58. The summed E-state index contributed by atoms with van der Waals surface area (Å²) in [6, 6.07) is 2.06. The van der Waals surface area contributed by atoms with Gasteiger partial charge in [-0.2, -0.15) is 5.10 Å². The third-order valence-corrected chi connectivity index (χ3v) is 3.74. The van der Waals surface area contributed by atoms with E-state index in [-0.39, 0.29) is 6.54 Å². The number of nitrogens with one attached hydrogen (secondary N) is 1. The van der Waals surface area contributed by atoms with E-state index in [9.17, 15) is 4.79 Å². The lowest BCUT2D eigenvalue weighted by Crippen LogP contribution is -2.18. The summed E-state index contributed by atoms with van der Waals surface area (Å²) in [5.41, 5.74) is 5.95. The second kappa shape index (κ2) is 5.33. The lowest BCUT2D eigenvalue weighted by atomic mass is 10.4. The van der Waals surface area contributed by atoms with Crippen LogP contribution in [0.5, 0.6) is 0 Å². The number of nitrogens with zero attached hydrogens (tertiary/aromatic N) is 2. The monoisotopic (exact) mass is 314 g/mol. The molecule has 3 N–H and O–H groups in total. The summed E-state index contributed by atoms with van der Waals surface area (Å²) in [4.78, 5) is 11.9. The van der Waals surface area contributed by atoms with Crippen molar-refractivity contribution in [2.24, 2.45) is 5.73 Å². The molecule has 0 spiro atoms. The van der Waals surface area contributed by atoms with E-state index >= 15 is 0 Å². The summed E-state index contributed by atoms with van der Waals surface area (Å²) in [6.07, 6.45) is 3.43. The number of carbonyl (C=O) groups excluding carboxylic acids is 1. The van der Waals surface area contributed by atoms with Crippen molar-refractivity contribution in [3.63, 3.8) is 0 Å². The molecule has 0 atom stereocenters. The fraction of sp³-hybridized carbons (Fsp3) is 0.200. The van der Waals surface area contributed by atoms with Gasteiger partial charge in [-0.05, 0) is 22.0 Å². The van der Waals surface area contributed by atoms with Gasteiger partial charge in [0.2, 0.25) is 5.91 Å². The molecule has 0 bridgehead atoms. The van der Waals surface area contributed by atoms with E-state index in [1.165, 1.54) is 9.56 Å². The third-order valence-electron chi connectivity index (χ3n) is 2.04. The molecule has 2 rings (SSSR count). The van der Waals surface area contributed by atoms with E-state index in [1.54, 1.807) is 23.7 Å². The van der Waals surface area contributed by atoms with E-state index in [0.717, 1.165) is 16.7 Å². The van der Waals surface area contributed by atoms with Gasteiger partial charge >= 0.3 is 0 Å². The Kier molecular flexibility index (Phi) is 3.80. The Bertz CT molecular complexity index is 522. The first-order valence-electron chi connectivity index (χ1n) is 4.91. The molecule has 0 saturated heterocycles. The van der Waals surface area contributed by atoms with E-state index in [0.29, 0.717) is 0 Å². The van der Waals surface area contributed by atoms with Gasteiger partial charge in [0.25, 0.3) is 0 Å². The average Bonchev–Trinajstić information content (AvgIpc) is 2.84. The predicted octanol–water partition coefficient (Wildman–Crippen LogP) is 1.80. The number of hydrogen-bond acceptors (Lipinski definition) is 4. The molecule has 2 aromatic heterocycles. The number of carbonyl (C=O) groups is 1.